The fourth-order valence-corrected chi connectivity index (χ4v) is 3.14. The zero-order valence-electron chi connectivity index (χ0n) is 13.4. The molecule has 1 heterocycles. The van der Waals surface area contributed by atoms with Crippen molar-refractivity contribution in [3.8, 4) is 0 Å². The lowest BCUT2D eigenvalue weighted by molar-refractivity contribution is 0.0715. The van der Waals surface area contributed by atoms with Gasteiger partial charge in [0.2, 0.25) is 0 Å². The molecule has 0 aliphatic carbocycles. The van der Waals surface area contributed by atoms with Gasteiger partial charge in [0, 0.05) is 36.2 Å². The second-order valence-corrected chi connectivity index (χ2v) is 6.49. The third kappa shape index (κ3) is 6.18. The van der Waals surface area contributed by atoms with Gasteiger partial charge in [0.25, 0.3) is 0 Å². The number of rotatable bonds is 6. The van der Waals surface area contributed by atoms with Crippen molar-refractivity contribution in [2.45, 2.75) is 13.0 Å². The van der Waals surface area contributed by atoms with E-state index in [1.54, 1.807) is 23.1 Å². The van der Waals surface area contributed by atoms with Gasteiger partial charge in [-0.25, -0.2) is 4.79 Å². The van der Waals surface area contributed by atoms with E-state index in [1.165, 1.54) is 0 Å². The number of amides is 1. The fourth-order valence-electron chi connectivity index (χ4n) is 2.56. The van der Waals surface area contributed by atoms with Crippen LogP contribution in [0, 0.1) is 0 Å². The Hall–Kier alpha value is -1.01. The van der Waals surface area contributed by atoms with Crippen molar-refractivity contribution in [3.63, 3.8) is 0 Å². The molecule has 0 unspecified atom stereocenters. The molecule has 1 aliphatic rings. The number of ether oxygens (including phenoxy) is 1. The van der Waals surface area contributed by atoms with Crippen molar-refractivity contribution >= 4 is 29.3 Å². The molecule has 0 bridgehead atoms. The van der Waals surface area contributed by atoms with Gasteiger partial charge in [0.05, 0.1) is 0 Å². The van der Waals surface area contributed by atoms with Crippen LogP contribution in [0.2, 0.25) is 10.0 Å². The van der Waals surface area contributed by atoms with Crippen LogP contribution in [0.4, 0.5) is 4.79 Å². The Balaban J connectivity index is 1.72. The highest BCUT2D eigenvalue weighted by molar-refractivity contribution is 6.34. The summed E-state index contributed by atoms with van der Waals surface area (Å²) in [7, 11) is 1.96. The van der Waals surface area contributed by atoms with Crippen molar-refractivity contribution < 1.29 is 9.53 Å². The van der Waals surface area contributed by atoms with Gasteiger partial charge in [-0.05, 0) is 50.3 Å². The Bertz CT molecular complexity index is 500. The number of nitrogens with zero attached hydrogens (tertiary/aromatic N) is 2. The molecule has 0 radical (unpaired) electrons. The van der Waals surface area contributed by atoms with Crippen LogP contribution >= 0.6 is 23.2 Å². The third-order valence-electron chi connectivity index (χ3n) is 3.82. The molecule has 5 nitrogen and oxygen atoms in total. The molecule has 1 N–H and O–H groups in total. The maximum absolute atomic E-state index is 12.1. The van der Waals surface area contributed by atoms with E-state index in [0.717, 1.165) is 38.2 Å². The Morgan fingerprint density at radius 1 is 1.17 bits per heavy atom. The van der Waals surface area contributed by atoms with E-state index in [1.807, 2.05) is 7.05 Å². The van der Waals surface area contributed by atoms with Crippen molar-refractivity contribution in [2.24, 2.45) is 0 Å². The molecule has 0 spiro atoms. The summed E-state index contributed by atoms with van der Waals surface area (Å²) in [4.78, 5) is 16.2. The lowest BCUT2D eigenvalue weighted by Crippen LogP contribution is -2.49. The molecule has 1 aliphatic heterocycles. The first-order chi connectivity index (χ1) is 11.1. The molecule has 1 fully saturated rings. The van der Waals surface area contributed by atoms with Crippen LogP contribution in [0.5, 0.6) is 0 Å². The normalized spacial score (nSPS) is 15.7. The van der Waals surface area contributed by atoms with Gasteiger partial charge in [-0.2, -0.15) is 0 Å². The van der Waals surface area contributed by atoms with Crippen LogP contribution in [0.1, 0.15) is 12.0 Å². The Morgan fingerprint density at radius 2 is 1.83 bits per heavy atom. The Morgan fingerprint density at radius 3 is 2.43 bits per heavy atom. The largest absolute Gasteiger partial charge is 0.445 e. The van der Waals surface area contributed by atoms with E-state index in [2.05, 4.69) is 10.2 Å². The van der Waals surface area contributed by atoms with Crippen LogP contribution in [0.25, 0.3) is 0 Å². The highest BCUT2D eigenvalue weighted by Crippen LogP contribution is 2.19. The van der Waals surface area contributed by atoms with E-state index < -0.39 is 0 Å². The number of hydrogen-bond donors (Lipinski definition) is 1. The van der Waals surface area contributed by atoms with E-state index in [-0.39, 0.29) is 12.7 Å². The topological polar surface area (TPSA) is 44.8 Å². The molecule has 7 heteroatoms. The Kier molecular flexibility index (Phi) is 7.43. The second-order valence-electron chi connectivity index (χ2n) is 5.62. The van der Waals surface area contributed by atoms with Crippen LogP contribution < -0.4 is 5.32 Å². The number of carbonyl (C=O) groups excluding carboxylic acids is 1. The predicted octanol–water partition coefficient (Wildman–Crippen LogP) is 2.86. The molecule has 23 heavy (non-hydrogen) atoms. The summed E-state index contributed by atoms with van der Waals surface area (Å²) in [5.41, 5.74) is 0.793. The fraction of sp³-hybridized carbons (Fsp3) is 0.562. The molecule has 0 atom stereocenters. The first kappa shape index (κ1) is 18.3. The van der Waals surface area contributed by atoms with Crippen molar-refractivity contribution in [1.29, 1.82) is 0 Å². The van der Waals surface area contributed by atoms with Crippen molar-refractivity contribution in [3.05, 3.63) is 33.8 Å². The van der Waals surface area contributed by atoms with Gasteiger partial charge >= 0.3 is 6.09 Å². The molecule has 128 valence electrons. The summed E-state index contributed by atoms with van der Waals surface area (Å²) in [5.74, 6) is 0. The minimum atomic E-state index is -0.282. The van der Waals surface area contributed by atoms with Gasteiger partial charge in [-0.1, -0.05) is 23.2 Å². The average molecular weight is 360 g/mol. The quantitative estimate of drug-likeness (QED) is 0.793. The highest BCUT2D eigenvalue weighted by Gasteiger charge is 2.21. The number of benzene rings is 1. The van der Waals surface area contributed by atoms with Gasteiger partial charge in [0.1, 0.15) is 6.61 Å². The maximum Gasteiger partial charge on any atom is 0.410 e. The first-order valence-electron chi connectivity index (χ1n) is 7.82. The van der Waals surface area contributed by atoms with Gasteiger partial charge in [0.15, 0.2) is 0 Å². The van der Waals surface area contributed by atoms with Crippen molar-refractivity contribution in [1.82, 2.24) is 15.1 Å². The molecular formula is C16H23Cl2N3O2. The van der Waals surface area contributed by atoms with E-state index in [4.69, 9.17) is 27.9 Å². The number of hydrogen-bond acceptors (Lipinski definition) is 4. The van der Waals surface area contributed by atoms with E-state index in [9.17, 15) is 4.79 Å². The minimum Gasteiger partial charge on any atom is -0.445 e. The van der Waals surface area contributed by atoms with E-state index >= 15 is 0 Å². The highest BCUT2D eigenvalue weighted by atomic mass is 35.5. The number of carbonyl (C=O) groups is 1. The zero-order chi connectivity index (χ0) is 16.7. The minimum absolute atomic E-state index is 0.182. The molecule has 1 aromatic rings. The number of halogens is 2. The predicted molar refractivity (Wildman–Crippen MR) is 93.2 cm³/mol. The average Bonchev–Trinajstić information content (AvgIpc) is 2.53. The maximum atomic E-state index is 12.1. The second kappa shape index (κ2) is 9.33. The van der Waals surface area contributed by atoms with Crippen molar-refractivity contribution in [2.75, 3.05) is 46.3 Å². The Labute approximate surface area is 147 Å². The lowest BCUT2D eigenvalue weighted by Gasteiger charge is -2.34. The van der Waals surface area contributed by atoms with E-state index in [0.29, 0.717) is 23.1 Å². The van der Waals surface area contributed by atoms with Crippen LogP contribution in [0.3, 0.4) is 0 Å². The summed E-state index contributed by atoms with van der Waals surface area (Å²) in [6.07, 6.45) is 0.840. The lowest BCUT2D eigenvalue weighted by atomic mass is 10.2. The van der Waals surface area contributed by atoms with Crippen LogP contribution in [0.15, 0.2) is 18.2 Å². The molecule has 0 saturated carbocycles. The third-order valence-corrected chi connectivity index (χ3v) is 4.25. The molecule has 0 aromatic heterocycles. The molecule has 1 amide bonds. The van der Waals surface area contributed by atoms with Gasteiger partial charge in [-0.15, -0.1) is 0 Å². The summed E-state index contributed by atoms with van der Waals surface area (Å²) >= 11 is 11.9. The molecule has 1 saturated heterocycles. The van der Waals surface area contributed by atoms with Gasteiger partial charge in [-0.3, -0.25) is 4.90 Å². The molecule has 2 rings (SSSR count). The smallest absolute Gasteiger partial charge is 0.410 e. The summed E-state index contributed by atoms with van der Waals surface area (Å²) < 4.78 is 5.35. The standard InChI is InChI=1S/C16H23Cl2N3O2/c1-19-3-2-4-20-5-7-21(8-6-20)16(22)23-12-13-9-14(17)11-15(18)10-13/h9-11,19H,2-8,12H2,1H3. The summed E-state index contributed by atoms with van der Waals surface area (Å²) in [6, 6.07) is 5.16. The van der Waals surface area contributed by atoms with Crippen LogP contribution in [-0.2, 0) is 11.3 Å². The number of piperazine rings is 1. The van der Waals surface area contributed by atoms with Crippen LogP contribution in [-0.4, -0.2) is 62.2 Å². The summed E-state index contributed by atoms with van der Waals surface area (Å²) in [5, 5.41) is 4.23. The zero-order valence-corrected chi connectivity index (χ0v) is 14.9. The summed E-state index contributed by atoms with van der Waals surface area (Å²) in [6.45, 7) is 5.45. The van der Waals surface area contributed by atoms with Gasteiger partial charge < -0.3 is 15.0 Å². The first-order valence-corrected chi connectivity index (χ1v) is 8.57. The monoisotopic (exact) mass is 359 g/mol. The molecular weight excluding hydrogens is 337 g/mol. The molecule has 1 aromatic carbocycles. The number of nitrogens with one attached hydrogen (secondary N) is 1. The SMILES string of the molecule is CNCCCN1CCN(C(=O)OCc2cc(Cl)cc(Cl)c2)CC1.